The van der Waals surface area contributed by atoms with Crippen LogP contribution in [0.3, 0.4) is 0 Å². The summed E-state index contributed by atoms with van der Waals surface area (Å²) in [6, 6.07) is 3.63. The molecule has 0 spiro atoms. The van der Waals surface area contributed by atoms with Crippen LogP contribution < -0.4 is 10.9 Å². The van der Waals surface area contributed by atoms with Crippen molar-refractivity contribution >= 4 is 0 Å². The molecular weight excluding hydrogens is 140 g/mol. The number of hydrogen-bond acceptors (Lipinski definition) is 2. The number of aromatic amines is 1. The SMILES string of the molecule is CNC(C)c1ccc(=O)[nH]c1. The first-order valence-corrected chi connectivity index (χ1v) is 3.60. The van der Waals surface area contributed by atoms with Crippen LogP contribution in [-0.2, 0) is 0 Å². The van der Waals surface area contributed by atoms with Crippen molar-refractivity contribution in [2.24, 2.45) is 0 Å². The van der Waals surface area contributed by atoms with Gasteiger partial charge in [0, 0.05) is 18.3 Å². The standard InChI is InChI=1S/C8H12N2O/c1-6(9-2)7-3-4-8(11)10-5-7/h3-6,9H,1-2H3,(H,10,11). The highest BCUT2D eigenvalue weighted by molar-refractivity contribution is 5.12. The fraction of sp³-hybridized carbons (Fsp3) is 0.375. The van der Waals surface area contributed by atoms with Crippen LogP contribution in [-0.4, -0.2) is 12.0 Å². The molecule has 1 atom stereocenters. The zero-order chi connectivity index (χ0) is 8.27. The molecule has 60 valence electrons. The van der Waals surface area contributed by atoms with Crippen molar-refractivity contribution in [1.82, 2.24) is 10.3 Å². The first-order chi connectivity index (χ1) is 5.24. The van der Waals surface area contributed by atoms with E-state index in [2.05, 4.69) is 10.3 Å². The number of nitrogens with one attached hydrogen (secondary N) is 2. The predicted molar refractivity (Wildman–Crippen MR) is 44.5 cm³/mol. The van der Waals surface area contributed by atoms with Crippen molar-refractivity contribution in [1.29, 1.82) is 0 Å². The molecule has 11 heavy (non-hydrogen) atoms. The second kappa shape index (κ2) is 3.34. The maximum absolute atomic E-state index is 10.7. The zero-order valence-electron chi connectivity index (χ0n) is 6.72. The molecular formula is C8H12N2O. The molecule has 0 aromatic carbocycles. The molecule has 0 fully saturated rings. The van der Waals surface area contributed by atoms with Gasteiger partial charge in [0.15, 0.2) is 0 Å². The second-order valence-corrected chi connectivity index (χ2v) is 2.50. The van der Waals surface area contributed by atoms with Gasteiger partial charge in [-0.3, -0.25) is 4.79 Å². The van der Waals surface area contributed by atoms with E-state index in [4.69, 9.17) is 0 Å². The van der Waals surface area contributed by atoms with Gasteiger partial charge in [-0.25, -0.2) is 0 Å². The third-order valence-corrected chi connectivity index (χ3v) is 1.74. The molecule has 1 unspecified atom stereocenters. The lowest BCUT2D eigenvalue weighted by atomic mass is 10.1. The van der Waals surface area contributed by atoms with Gasteiger partial charge in [0.25, 0.3) is 0 Å². The summed E-state index contributed by atoms with van der Waals surface area (Å²) < 4.78 is 0. The minimum Gasteiger partial charge on any atom is -0.329 e. The largest absolute Gasteiger partial charge is 0.329 e. The molecule has 2 N–H and O–H groups in total. The normalized spacial score (nSPS) is 12.9. The predicted octanol–water partition coefficient (Wildman–Crippen LogP) is 0.655. The maximum Gasteiger partial charge on any atom is 0.247 e. The van der Waals surface area contributed by atoms with Crippen LogP contribution in [0, 0.1) is 0 Å². The Bertz CT molecular complexity index is 259. The van der Waals surface area contributed by atoms with E-state index in [1.165, 1.54) is 6.07 Å². The Hall–Kier alpha value is -1.09. The highest BCUT2D eigenvalue weighted by Crippen LogP contribution is 2.06. The van der Waals surface area contributed by atoms with Crippen LogP contribution >= 0.6 is 0 Å². The van der Waals surface area contributed by atoms with E-state index >= 15 is 0 Å². The quantitative estimate of drug-likeness (QED) is 0.653. The van der Waals surface area contributed by atoms with Crippen LogP contribution in [0.4, 0.5) is 0 Å². The summed E-state index contributed by atoms with van der Waals surface area (Å²) in [5.41, 5.74) is 1.03. The van der Waals surface area contributed by atoms with E-state index in [1.54, 1.807) is 6.20 Å². The molecule has 0 radical (unpaired) electrons. The Kier molecular flexibility index (Phi) is 2.44. The van der Waals surface area contributed by atoms with Crippen molar-refractivity contribution in [2.45, 2.75) is 13.0 Å². The topological polar surface area (TPSA) is 44.9 Å². The molecule has 0 saturated heterocycles. The van der Waals surface area contributed by atoms with Gasteiger partial charge in [-0.1, -0.05) is 6.07 Å². The van der Waals surface area contributed by atoms with Crippen LogP contribution in [0.2, 0.25) is 0 Å². The maximum atomic E-state index is 10.7. The van der Waals surface area contributed by atoms with Crippen molar-refractivity contribution in [3.05, 3.63) is 34.2 Å². The Balaban J connectivity index is 2.89. The molecule has 3 heteroatoms. The molecule has 0 aliphatic heterocycles. The van der Waals surface area contributed by atoms with Crippen LogP contribution in [0.5, 0.6) is 0 Å². The average molecular weight is 152 g/mol. The van der Waals surface area contributed by atoms with Gasteiger partial charge < -0.3 is 10.3 Å². The van der Waals surface area contributed by atoms with E-state index in [-0.39, 0.29) is 11.6 Å². The molecule has 0 saturated carbocycles. The highest BCUT2D eigenvalue weighted by Gasteiger charge is 1.99. The lowest BCUT2D eigenvalue weighted by Gasteiger charge is -2.08. The minimum absolute atomic E-state index is 0.0583. The Labute approximate surface area is 65.5 Å². The second-order valence-electron chi connectivity index (χ2n) is 2.50. The van der Waals surface area contributed by atoms with Gasteiger partial charge in [0.1, 0.15) is 0 Å². The van der Waals surface area contributed by atoms with Gasteiger partial charge >= 0.3 is 0 Å². The summed E-state index contributed by atoms with van der Waals surface area (Å²) in [7, 11) is 1.88. The number of H-pyrrole nitrogens is 1. The van der Waals surface area contributed by atoms with Crippen LogP contribution in [0.25, 0.3) is 0 Å². The Morgan fingerprint density at radius 2 is 2.27 bits per heavy atom. The zero-order valence-corrected chi connectivity index (χ0v) is 6.72. The molecule has 0 bridgehead atoms. The van der Waals surface area contributed by atoms with Gasteiger partial charge in [-0.05, 0) is 19.5 Å². The first-order valence-electron chi connectivity index (χ1n) is 3.60. The van der Waals surface area contributed by atoms with Gasteiger partial charge in [-0.2, -0.15) is 0 Å². The summed E-state index contributed by atoms with van der Waals surface area (Å²) in [5.74, 6) is 0. The van der Waals surface area contributed by atoms with E-state index in [0.717, 1.165) is 5.56 Å². The molecule has 0 aliphatic carbocycles. The molecule has 1 rings (SSSR count). The minimum atomic E-state index is -0.0583. The molecule has 1 aromatic heterocycles. The first kappa shape index (κ1) is 8.01. The Morgan fingerprint density at radius 1 is 1.55 bits per heavy atom. The summed E-state index contributed by atoms with van der Waals surface area (Å²) in [6.07, 6.45) is 1.73. The Morgan fingerprint density at radius 3 is 2.73 bits per heavy atom. The van der Waals surface area contributed by atoms with Crippen LogP contribution in [0.15, 0.2) is 23.1 Å². The number of pyridine rings is 1. The van der Waals surface area contributed by atoms with E-state index in [0.29, 0.717) is 0 Å². The lowest BCUT2D eigenvalue weighted by molar-refractivity contribution is 0.649. The van der Waals surface area contributed by atoms with Crippen molar-refractivity contribution in [3.8, 4) is 0 Å². The van der Waals surface area contributed by atoms with Crippen molar-refractivity contribution < 1.29 is 0 Å². The summed E-state index contributed by atoms with van der Waals surface area (Å²) in [4.78, 5) is 13.3. The summed E-state index contributed by atoms with van der Waals surface area (Å²) in [6.45, 7) is 2.04. The lowest BCUT2D eigenvalue weighted by Crippen LogP contribution is -2.14. The third-order valence-electron chi connectivity index (χ3n) is 1.74. The molecule has 0 aliphatic rings. The third kappa shape index (κ3) is 1.91. The number of aromatic nitrogens is 1. The summed E-state index contributed by atoms with van der Waals surface area (Å²) >= 11 is 0. The molecule has 1 aromatic rings. The monoisotopic (exact) mass is 152 g/mol. The number of hydrogen-bond donors (Lipinski definition) is 2. The van der Waals surface area contributed by atoms with E-state index in [1.807, 2.05) is 20.0 Å². The molecule has 3 nitrogen and oxygen atoms in total. The van der Waals surface area contributed by atoms with E-state index < -0.39 is 0 Å². The van der Waals surface area contributed by atoms with Gasteiger partial charge in [0.05, 0.1) is 0 Å². The number of rotatable bonds is 2. The summed E-state index contributed by atoms with van der Waals surface area (Å²) in [5, 5.41) is 3.08. The molecule has 0 amide bonds. The van der Waals surface area contributed by atoms with Crippen molar-refractivity contribution in [3.63, 3.8) is 0 Å². The molecule has 1 heterocycles. The highest BCUT2D eigenvalue weighted by atomic mass is 16.1. The van der Waals surface area contributed by atoms with Gasteiger partial charge in [0.2, 0.25) is 5.56 Å². The fourth-order valence-electron chi connectivity index (χ4n) is 0.859. The van der Waals surface area contributed by atoms with Crippen LogP contribution in [0.1, 0.15) is 18.5 Å². The van der Waals surface area contributed by atoms with Crippen molar-refractivity contribution in [2.75, 3.05) is 7.05 Å². The van der Waals surface area contributed by atoms with Gasteiger partial charge in [-0.15, -0.1) is 0 Å². The van der Waals surface area contributed by atoms with E-state index in [9.17, 15) is 4.79 Å². The smallest absolute Gasteiger partial charge is 0.247 e. The fourth-order valence-corrected chi connectivity index (χ4v) is 0.859. The average Bonchev–Trinajstić information content (AvgIpc) is 2.05.